The van der Waals surface area contributed by atoms with Gasteiger partial charge < -0.3 is 9.80 Å². The van der Waals surface area contributed by atoms with Gasteiger partial charge in [-0.05, 0) is 49.1 Å². The lowest BCUT2D eigenvalue weighted by Gasteiger charge is -2.30. The highest BCUT2D eigenvalue weighted by atomic mass is 16.2. The number of carbonyl (C=O) groups is 2. The molecule has 1 aliphatic carbocycles. The second kappa shape index (κ2) is 7.51. The maximum atomic E-state index is 12.7. The SMILES string of the molecule is CN(CC1CCC1)C(=O)c1cccc(C(=O)N(C)c2ccccc2)c1. The number of rotatable bonds is 5. The Balaban J connectivity index is 1.74. The van der Waals surface area contributed by atoms with Gasteiger partial charge in [-0.2, -0.15) is 0 Å². The normalized spacial score (nSPS) is 13.8. The van der Waals surface area contributed by atoms with Crippen LogP contribution >= 0.6 is 0 Å². The Morgan fingerprint density at radius 2 is 1.56 bits per heavy atom. The Hall–Kier alpha value is -2.62. The van der Waals surface area contributed by atoms with E-state index in [-0.39, 0.29) is 11.8 Å². The third-order valence-electron chi connectivity index (χ3n) is 4.91. The molecule has 130 valence electrons. The van der Waals surface area contributed by atoms with Gasteiger partial charge in [0.2, 0.25) is 0 Å². The molecule has 3 rings (SSSR count). The summed E-state index contributed by atoms with van der Waals surface area (Å²) in [5, 5.41) is 0. The molecule has 1 fully saturated rings. The van der Waals surface area contributed by atoms with Crippen molar-refractivity contribution in [1.82, 2.24) is 4.90 Å². The minimum Gasteiger partial charge on any atom is -0.341 e. The van der Waals surface area contributed by atoms with Gasteiger partial charge in [0, 0.05) is 37.5 Å². The average molecular weight is 336 g/mol. The number of para-hydroxylation sites is 1. The molecule has 0 heterocycles. The average Bonchev–Trinajstić information content (AvgIpc) is 2.63. The summed E-state index contributed by atoms with van der Waals surface area (Å²) in [7, 11) is 3.58. The molecule has 0 unspecified atom stereocenters. The van der Waals surface area contributed by atoms with Gasteiger partial charge in [0.25, 0.3) is 11.8 Å². The number of benzene rings is 2. The third-order valence-corrected chi connectivity index (χ3v) is 4.91. The van der Waals surface area contributed by atoms with Gasteiger partial charge in [0.05, 0.1) is 0 Å². The van der Waals surface area contributed by atoms with E-state index in [0.717, 1.165) is 12.2 Å². The van der Waals surface area contributed by atoms with E-state index in [2.05, 4.69) is 0 Å². The van der Waals surface area contributed by atoms with Gasteiger partial charge in [0.1, 0.15) is 0 Å². The topological polar surface area (TPSA) is 40.6 Å². The first-order chi connectivity index (χ1) is 12.1. The summed E-state index contributed by atoms with van der Waals surface area (Å²) in [5.74, 6) is 0.481. The van der Waals surface area contributed by atoms with E-state index in [0.29, 0.717) is 17.0 Å². The summed E-state index contributed by atoms with van der Waals surface area (Å²) in [4.78, 5) is 28.7. The molecule has 0 bridgehead atoms. The standard InChI is InChI=1S/C21H24N2O2/c1-22(15-16-8-6-9-16)20(24)17-10-7-11-18(14-17)21(25)23(2)19-12-4-3-5-13-19/h3-5,7,10-14,16H,6,8-9,15H2,1-2H3. The molecule has 1 saturated carbocycles. The van der Waals surface area contributed by atoms with E-state index in [4.69, 9.17) is 0 Å². The monoisotopic (exact) mass is 336 g/mol. The van der Waals surface area contributed by atoms with Crippen LogP contribution < -0.4 is 4.90 Å². The minimum absolute atomic E-state index is 0.0242. The Morgan fingerprint density at radius 1 is 0.920 bits per heavy atom. The van der Waals surface area contributed by atoms with Crippen molar-refractivity contribution >= 4 is 17.5 Å². The van der Waals surface area contributed by atoms with Crippen LogP contribution in [0.15, 0.2) is 54.6 Å². The Kier molecular flexibility index (Phi) is 5.17. The Labute approximate surface area is 149 Å². The number of nitrogens with zero attached hydrogens (tertiary/aromatic N) is 2. The molecule has 0 N–H and O–H groups in total. The van der Waals surface area contributed by atoms with Crippen LogP contribution in [0.2, 0.25) is 0 Å². The van der Waals surface area contributed by atoms with Crippen molar-refractivity contribution in [3.05, 3.63) is 65.7 Å². The molecule has 4 nitrogen and oxygen atoms in total. The van der Waals surface area contributed by atoms with Crippen LogP contribution in [0.5, 0.6) is 0 Å². The van der Waals surface area contributed by atoms with Gasteiger partial charge in [-0.25, -0.2) is 0 Å². The highest BCUT2D eigenvalue weighted by molar-refractivity contribution is 6.07. The van der Waals surface area contributed by atoms with Crippen LogP contribution in [0.3, 0.4) is 0 Å². The Morgan fingerprint density at radius 3 is 2.16 bits per heavy atom. The van der Waals surface area contributed by atoms with E-state index in [1.54, 1.807) is 41.1 Å². The molecular weight excluding hydrogens is 312 g/mol. The van der Waals surface area contributed by atoms with Crippen molar-refractivity contribution in [3.63, 3.8) is 0 Å². The minimum atomic E-state index is -0.123. The second-order valence-electron chi connectivity index (χ2n) is 6.76. The molecule has 0 spiro atoms. The number of hydrogen-bond acceptors (Lipinski definition) is 2. The van der Waals surface area contributed by atoms with Crippen molar-refractivity contribution in [2.45, 2.75) is 19.3 Å². The van der Waals surface area contributed by atoms with Crippen LogP contribution in [0.25, 0.3) is 0 Å². The molecule has 2 aromatic rings. The summed E-state index contributed by atoms with van der Waals surface area (Å²) in [6, 6.07) is 16.5. The first kappa shape index (κ1) is 17.2. The van der Waals surface area contributed by atoms with Crippen LogP contribution in [0.1, 0.15) is 40.0 Å². The zero-order chi connectivity index (χ0) is 17.8. The molecule has 1 aliphatic rings. The lowest BCUT2D eigenvalue weighted by molar-refractivity contribution is 0.0745. The fourth-order valence-corrected chi connectivity index (χ4v) is 3.11. The molecule has 0 aliphatic heterocycles. The van der Waals surface area contributed by atoms with Crippen LogP contribution in [0.4, 0.5) is 5.69 Å². The second-order valence-corrected chi connectivity index (χ2v) is 6.76. The van der Waals surface area contributed by atoms with Gasteiger partial charge in [-0.3, -0.25) is 9.59 Å². The smallest absolute Gasteiger partial charge is 0.258 e. The molecule has 2 amide bonds. The first-order valence-corrected chi connectivity index (χ1v) is 8.75. The van der Waals surface area contributed by atoms with Crippen LogP contribution in [0, 0.1) is 5.92 Å². The zero-order valence-corrected chi connectivity index (χ0v) is 14.8. The van der Waals surface area contributed by atoms with Crippen molar-refractivity contribution < 1.29 is 9.59 Å². The summed E-state index contributed by atoms with van der Waals surface area (Å²) in [6.07, 6.45) is 3.68. The van der Waals surface area contributed by atoms with E-state index < -0.39 is 0 Å². The summed E-state index contributed by atoms with van der Waals surface area (Å²) < 4.78 is 0. The predicted octanol–water partition coefficient (Wildman–Crippen LogP) is 3.84. The third kappa shape index (κ3) is 3.90. The molecule has 25 heavy (non-hydrogen) atoms. The van der Waals surface area contributed by atoms with E-state index in [1.807, 2.05) is 37.4 Å². The van der Waals surface area contributed by atoms with E-state index >= 15 is 0 Å². The van der Waals surface area contributed by atoms with Crippen molar-refractivity contribution in [2.75, 3.05) is 25.5 Å². The van der Waals surface area contributed by atoms with Crippen LogP contribution in [-0.2, 0) is 0 Å². The molecule has 0 aromatic heterocycles. The lowest BCUT2D eigenvalue weighted by atomic mass is 9.85. The van der Waals surface area contributed by atoms with E-state index in [9.17, 15) is 9.59 Å². The van der Waals surface area contributed by atoms with Gasteiger partial charge in [0.15, 0.2) is 0 Å². The largest absolute Gasteiger partial charge is 0.341 e. The fraction of sp³-hybridized carbons (Fsp3) is 0.333. The summed E-state index contributed by atoms with van der Waals surface area (Å²) in [6.45, 7) is 0.793. The lowest BCUT2D eigenvalue weighted by Crippen LogP contribution is -2.34. The molecule has 4 heteroatoms. The fourth-order valence-electron chi connectivity index (χ4n) is 3.11. The molecule has 0 saturated heterocycles. The maximum Gasteiger partial charge on any atom is 0.258 e. The van der Waals surface area contributed by atoms with Crippen molar-refractivity contribution in [1.29, 1.82) is 0 Å². The molecular formula is C21H24N2O2. The summed E-state index contributed by atoms with van der Waals surface area (Å²) >= 11 is 0. The highest BCUT2D eigenvalue weighted by Crippen LogP contribution is 2.27. The molecule has 0 radical (unpaired) electrons. The van der Waals surface area contributed by atoms with Gasteiger partial charge in [-0.15, -0.1) is 0 Å². The number of carbonyl (C=O) groups excluding carboxylic acids is 2. The predicted molar refractivity (Wildman–Crippen MR) is 99.9 cm³/mol. The summed E-state index contributed by atoms with van der Waals surface area (Å²) in [5.41, 5.74) is 1.91. The maximum absolute atomic E-state index is 12.7. The zero-order valence-electron chi connectivity index (χ0n) is 14.8. The quantitative estimate of drug-likeness (QED) is 0.832. The van der Waals surface area contributed by atoms with Crippen molar-refractivity contribution in [3.8, 4) is 0 Å². The Bertz CT molecular complexity index is 754. The van der Waals surface area contributed by atoms with E-state index in [1.165, 1.54) is 19.3 Å². The highest BCUT2D eigenvalue weighted by Gasteiger charge is 2.22. The van der Waals surface area contributed by atoms with Crippen molar-refractivity contribution in [2.24, 2.45) is 5.92 Å². The molecule has 0 atom stereocenters. The molecule has 2 aromatic carbocycles. The van der Waals surface area contributed by atoms with Gasteiger partial charge in [-0.1, -0.05) is 30.7 Å². The number of amides is 2. The number of hydrogen-bond donors (Lipinski definition) is 0. The van der Waals surface area contributed by atoms with Gasteiger partial charge >= 0.3 is 0 Å². The first-order valence-electron chi connectivity index (χ1n) is 8.75. The number of anilines is 1. The van der Waals surface area contributed by atoms with Crippen LogP contribution in [-0.4, -0.2) is 37.4 Å².